The molecule has 1 aromatic heterocycles. The van der Waals surface area contributed by atoms with Crippen LogP contribution in [-0.4, -0.2) is 34.8 Å². The Kier molecular flexibility index (Phi) is 5.08. The SMILES string of the molecule is CCN1CC(C(=O)Nc2nc(-c3ccc(Cl)cc3Cl)cs2)CC1=O. The van der Waals surface area contributed by atoms with Crippen LogP contribution in [0.3, 0.4) is 0 Å². The predicted molar refractivity (Wildman–Crippen MR) is 96.6 cm³/mol. The number of thiazole rings is 1. The lowest BCUT2D eigenvalue weighted by atomic mass is 10.1. The Morgan fingerprint density at radius 3 is 2.92 bits per heavy atom. The van der Waals surface area contributed by atoms with E-state index in [4.69, 9.17) is 23.2 Å². The molecule has 1 fully saturated rings. The standard InChI is InChI=1S/C16H15Cl2N3O2S/c1-2-21-7-9(5-14(21)22)15(23)20-16-19-13(8-24-16)11-4-3-10(17)6-12(11)18/h3-4,6,8-9H,2,5,7H2,1H3,(H,19,20,23). The Bertz CT molecular complexity index is 793. The highest BCUT2D eigenvalue weighted by Crippen LogP contribution is 2.32. The molecule has 1 aromatic carbocycles. The number of hydrogen-bond donors (Lipinski definition) is 1. The van der Waals surface area contributed by atoms with Gasteiger partial charge in [0.15, 0.2) is 5.13 Å². The molecule has 0 saturated carbocycles. The van der Waals surface area contributed by atoms with Crippen LogP contribution in [0.1, 0.15) is 13.3 Å². The maximum atomic E-state index is 12.3. The maximum Gasteiger partial charge on any atom is 0.231 e. The Morgan fingerprint density at radius 2 is 2.25 bits per heavy atom. The fourth-order valence-corrected chi connectivity index (χ4v) is 3.83. The van der Waals surface area contributed by atoms with E-state index in [1.807, 2.05) is 12.3 Å². The van der Waals surface area contributed by atoms with Gasteiger partial charge in [0.05, 0.1) is 16.6 Å². The van der Waals surface area contributed by atoms with Crippen LogP contribution in [0.5, 0.6) is 0 Å². The second kappa shape index (κ2) is 7.09. The number of aromatic nitrogens is 1. The first-order valence-electron chi connectivity index (χ1n) is 7.47. The van der Waals surface area contributed by atoms with Gasteiger partial charge in [0.25, 0.3) is 0 Å². The molecule has 8 heteroatoms. The second-order valence-electron chi connectivity index (χ2n) is 5.48. The summed E-state index contributed by atoms with van der Waals surface area (Å²) in [5.74, 6) is -0.489. The van der Waals surface area contributed by atoms with Crippen LogP contribution >= 0.6 is 34.5 Å². The van der Waals surface area contributed by atoms with Crippen LogP contribution in [-0.2, 0) is 9.59 Å². The van der Waals surface area contributed by atoms with Crippen molar-refractivity contribution >= 4 is 51.5 Å². The molecular formula is C16H15Cl2N3O2S. The maximum absolute atomic E-state index is 12.3. The van der Waals surface area contributed by atoms with Gasteiger partial charge in [-0.25, -0.2) is 4.98 Å². The van der Waals surface area contributed by atoms with Gasteiger partial charge in [-0.05, 0) is 25.1 Å². The average molecular weight is 384 g/mol. The molecule has 1 unspecified atom stereocenters. The van der Waals surface area contributed by atoms with Crippen molar-refractivity contribution in [2.24, 2.45) is 5.92 Å². The summed E-state index contributed by atoms with van der Waals surface area (Å²) < 4.78 is 0. The van der Waals surface area contributed by atoms with E-state index in [-0.39, 0.29) is 24.2 Å². The molecule has 0 spiro atoms. The number of rotatable bonds is 4. The Morgan fingerprint density at radius 1 is 1.46 bits per heavy atom. The first kappa shape index (κ1) is 17.2. The number of benzene rings is 1. The Hall–Kier alpha value is -1.63. The van der Waals surface area contributed by atoms with E-state index in [1.165, 1.54) is 11.3 Å². The van der Waals surface area contributed by atoms with Crippen LogP contribution in [0, 0.1) is 5.92 Å². The lowest BCUT2D eigenvalue weighted by molar-refractivity contribution is -0.128. The summed E-state index contributed by atoms with van der Waals surface area (Å²) in [5.41, 5.74) is 1.43. The van der Waals surface area contributed by atoms with E-state index in [0.717, 1.165) is 5.56 Å². The second-order valence-corrected chi connectivity index (χ2v) is 7.19. The zero-order chi connectivity index (χ0) is 17.3. The van der Waals surface area contributed by atoms with Crippen LogP contribution in [0.15, 0.2) is 23.6 Å². The van der Waals surface area contributed by atoms with Crippen molar-refractivity contribution in [2.75, 3.05) is 18.4 Å². The van der Waals surface area contributed by atoms with Crippen molar-refractivity contribution in [3.63, 3.8) is 0 Å². The van der Waals surface area contributed by atoms with Gasteiger partial charge in [-0.1, -0.05) is 23.2 Å². The number of anilines is 1. The van der Waals surface area contributed by atoms with E-state index >= 15 is 0 Å². The molecule has 0 radical (unpaired) electrons. The van der Waals surface area contributed by atoms with E-state index < -0.39 is 0 Å². The normalized spacial score (nSPS) is 17.4. The van der Waals surface area contributed by atoms with Gasteiger partial charge >= 0.3 is 0 Å². The number of nitrogens with one attached hydrogen (secondary N) is 1. The van der Waals surface area contributed by atoms with Crippen molar-refractivity contribution in [3.8, 4) is 11.3 Å². The Balaban J connectivity index is 1.70. The van der Waals surface area contributed by atoms with Crippen LogP contribution < -0.4 is 5.32 Å². The summed E-state index contributed by atoms with van der Waals surface area (Å²) >= 11 is 13.4. The third-order valence-electron chi connectivity index (χ3n) is 3.91. The monoisotopic (exact) mass is 383 g/mol. The van der Waals surface area contributed by atoms with Crippen molar-refractivity contribution < 1.29 is 9.59 Å². The zero-order valence-corrected chi connectivity index (χ0v) is 15.2. The molecule has 3 rings (SSSR count). The van der Waals surface area contributed by atoms with Gasteiger partial charge in [-0.3, -0.25) is 9.59 Å². The lowest BCUT2D eigenvalue weighted by Crippen LogP contribution is -2.28. The van der Waals surface area contributed by atoms with Gasteiger partial charge in [0.1, 0.15) is 0 Å². The van der Waals surface area contributed by atoms with E-state index in [0.29, 0.717) is 34.0 Å². The number of carbonyl (C=O) groups excluding carboxylic acids is 2. The molecule has 1 N–H and O–H groups in total. The summed E-state index contributed by atoms with van der Waals surface area (Å²) in [6, 6.07) is 5.18. The molecule has 1 saturated heterocycles. The smallest absolute Gasteiger partial charge is 0.231 e. The summed E-state index contributed by atoms with van der Waals surface area (Å²) in [4.78, 5) is 30.1. The quantitative estimate of drug-likeness (QED) is 0.869. The molecule has 0 aliphatic carbocycles. The average Bonchev–Trinajstić information content (AvgIpc) is 3.14. The van der Waals surface area contributed by atoms with Crippen molar-refractivity contribution in [2.45, 2.75) is 13.3 Å². The highest BCUT2D eigenvalue weighted by Gasteiger charge is 2.33. The summed E-state index contributed by atoms with van der Waals surface area (Å²) in [6.45, 7) is 2.99. The zero-order valence-electron chi connectivity index (χ0n) is 12.9. The van der Waals surface area contributed by atoms with Crippen molar-refractivity contribution in [1.29, 1.82) is 0 Å². The predicted octanol–water partition coefficient (Wildman–Crippen LogP) is 3.92. The summed E-state index contributed by atoms with van der Waals surface area (Å²) in [6.07, 6.45) is 0.251. The molecule has 1 aliphatic rings. The molecule has 1 aliphatic heterocycles. The van der Waals surface area contributed by atoms with Crippen molar-refractivity contribution in [3.05, 3.63) is 33.6 Å². The van der Waals surface area contributed by atoms with Crippen LogP contribution in [0.2, 0.25) is 10.0 Å². The van der Waals surface area contributed by atoms with Gasteiger partial charge in [-0.15, -0.1) is 11.3 Å². The molecule has 5 nitrogen and oxygen atoms in total. The highest BCUT2D eigenvalue weighted by atomic mass is 35.5. The fraction of sp³-hybridized carbons (Fsp3) is 0.312. The topological polar surface area (TPSA) is 62.3 Å². The van der Waals surface area contributed by atoms with Gasteiger partial charge in [-0.2, -0.15) is 0 Å². The molecule has 2 heterocycles. The van der Waals surface area contributed by atoms with Crippen LogP contribution in [0.25, 0.3) is 11.3 Å². The Labute approximate surface area is 153 Å². The first-order valence-corrected chi connectivity index (χ1v) is 9.11. The number of nitrogens with zero attached hydrogens (tertiary/aromatic N) is 2. The first-order chi connectivity index (χ1) is 11.5. The summed E-state index contributed by atoms with van der Waals surface area (Å²) in [7, 11) is 0. The van der Waals surface area contributed by atoms with E-state index in [1.54, 1.807) is 23.1 Å². The fourth-order valence-electron chi connectivity index (χ4n) is 2.61. The third kappa shape index (κ3) is 3.55. The molecule has 126 valence electrons. The number of halogens is 2. The molecule has 1 atom stereocenters. The van der Waals surface area contributed by atoms with E-state index in [2.05, 4.69) is 10.3 Å². The minimum atomic E-state index is -0.330. The molecule has 0 bridgehead atoms. The number of likely N-dealkylation sites (tertiary alicyclic amines) is 1. The minimum Gasteiger partial charge on any atom is -0.342 e. The lowest BCUT2D eigenvalue weighted by Gasteiger charge is -2.12. The van der Waals surface area contributed by atoms with Gasteiger partial charge < -0.3 is 10.2 Å². The number of carbonyl (C=O) groups is 2. The van der Waals surface area contributed by atoms with Gasteiger partial charge in [0.2, 0.25) is 11.8 Å². The molecule has 24 heavy (non-hydrogen) atoms. The van der Waals surface area contributed by atoms with Gasteiger partial charge in [0, 0.05) is 35.5 Å². The largest absolute Gasteiger partial charge is 0.342 e. The molecular weight excluding hydrogens is 369 g/mol. The van der Waals surface area contributed by atoms with E-state index in [9.17, 15) is 9.59 Å². The minimum absolute atomic E-state index is 0.0189. The highest BCUT2D eigenvalue weighted by molar-refractivity contribution is 7.14. The molecule has 2 aromatic rings. The molecule has 2 amide bonds. The number of hydrogen-bond acceptors (Lipinski definition) is 4. The van der Waals surface area contributed by atoms with Crippen LogP contribution in [0.4, 0.5) is 5.13 Å². The van der Waals surface area contributed by atoms with Crippen molar-refractivity contribution in [1.82, 2.24) is 9.88 Å². The third-order valence-corrected chi connectivity index (χ3v) is 5.21. The summed E-state index contributed by atoms with van der Waals surface area (Å²) in [5, 5.41) is 6.16. The number of amides is 2.